The maximum Gasteiger partial charge on any atom is 0.186 e. The molecule has 0 aliphatic heterocycles. The lowest BCUT2D eigenvalue weighted by atomic mass is 10.1. The lowest BCUT2D eigenvalue weighted by molar-refractivity contribution is 0.581. The van der Waals surface area contributed by atoms with Crippen molar-refractivity contribution in [3.63, 3.8) is 0 Å². The molecule has 5 heteroatoms. The van der Waals surface area contributed by atoms with Crippen molar-refractivity contribution in [1.82, 2.24) is 0 Å². The first-order valence-corrected chi connectivity index (χ1v) is 7.76. The maximum atomic E-state index is 12.9. The second-order valence-electron chi connectivity index (χ2n) is 4.63. The average molecular weight is 293 g/mol. The van der Waals surface area contributed by atoms with E-state index in [9.17, 15) is 12.8 Å². The molecule has 20 heavy (non-hydrogen) atoms. The number of hydrogen-bond donors (Lipinski definition) is 1. The van der Waals surface area contributed by atoms with Gasteiger partial charge in [-0.1, -0.05) is 29.8 Å². The fraction of sp³-hybridized carbons (Fsp3) is 0.200. The Kier molecular flexibility index (Phi) is 4.20. The van der Waals surface area contributed by atoms with Gasteiger partial charge in [0.15, 0.2) is 9.84 Å². The van der Waals surface area contributed by atoms with Crippen LogP contribution >= 0.6 is 0 Å². The summed E-state index contributed by atoms with van der Waals surface area (Å²) in [5.74, 6) is -0.405. The van der Waals surface area contributed by atoms with Crippen LogP contribution in [0.5, 0.6) is 0 Å². The van der Waals surface area contributed by atoms with Gasteiger partial charge < -0.3 is 5.73 Å². The number of benzene rings is 2. The summed E-state index contributed by atoms with van der Waals surface area (Å²) in [6.45, 7) is 1.83. The van der Waals surface area contributed by atoms with E-state index >= 15 is 0 Å². The van der Waals surface area contributed by atoms with Crippen molar-refractivity contribution in [3.05, 3.63) is 65.5 Å². The SMILES string of the molecule is Cc1ccc(S(=O)(=O)[C@H](CN)c2ccc(F)cc2)cc1. The molecule has 2 aromatic rings. The van der Waals surface area contributed by atoms with Gasteiger partial charge in [-0.25, -0.2) is 12.8 Å². The summed E-state index contributed by atoms with van der Waals surface area (Å²) >= 11 is 0. The van der Waals surface area contributed by atoms with Crippen molar-refractivity contribution in [3.8, 4) is 0 Å². The van der Waals surface area contributed by atoms with Gasteiger partial charge in [0.05, 0.1) is 4.90 Å². The summed E-state index contributed by atoms with van der Waals surface area (Å²) in [5, 5.41) is -0.870. The minimum Gasteiger partial charge on any atom is -0.329 e. The van der Waals surface area contributed by atoms with Gasteiger partial charge in [-0.2, -0.15) is 0 Å². The van der Waals surface area contributed by atoms with E-state index in [2.05, 4.69) is 0 Å². The molecule has 0 aromatic heterocycles. The van der Waals surface area contributed by atoms with E-state index in [4.69, 9.17) is 5.73 Å². The minimum atomic E-state index is -3.58. The van der Waals surface area contributed by atoms with Crippen LogP contribution in [0.4, 0.5) is 4.39 Å². The maximum absolute atomic E-state index is 12.9. The number of aryl methyl sites for hydroxylation is 1. The van der Waals surface area contributed by atoms with E-state index in [1.807, 2.05) is 6.92 Å². The topological polar surface area (TPSA) is 60.2 Å². The van der Waals surface area contributed by atoms with Gasteiger partial charge in [-0.3, -0.25) is 0 Å². The van der Waals surface area contributed by atoms with Crippen LogP contribution in [0.2, 0.25) is 0 Å². The van der Waals surface area contributed by atoms with Crippen LogP contribution in [-0.4, -0.2) is 15.0 Å². The first kappa shape index (κ1) is 14.7. The van der Waals surface area contributed by atoms with Crippen LogP contribution in [0.1, 0.15) is 16.4 Å². The van der Waals surface area contributed by atoms with Gasteiger partial charge in [0.1, 0.15) is 11.1 Å². The second kappa shape index (κ2) is 5.73. The molecule has 2 aromatic carbocycles. The molecule has 0 saturated carbocycles. The van der Waals surface area contributed by atoms with Crippen LogP contribution in [0.3, 0.4) is 0 Å². The quantitative estimate of drug-likeness (QED) is 0.942. The van der Waals surface area contributed by atoms with Crippen LogP contribution in [0.15, 0.2) is 53.4 Å². The molecule has 106 valence electrons. The minimum absolute atomic E-state index is 0.0537. The number of hydrogen-bond acceptors (Lipinski definition) is 3. The van der Waals surface area contributed by atoms with E-state index in [-0.39, 0.29) is 11.4 Å². The van der Waals surface area contributed by atoms with Crippen molar-refractivity contribution >= 4 is 9.84 Å². The number of rotatable bonds is 4. The Balaban J connectivity index is 2.44. The van der Waals surface area contributed by atoms with E-state index < -0.39 is 20.9 Å². The molecular weight excluding hydrogens is 277 g/mol. The van der Waals surface area contributed by atoms with Gasteiger partial charge in [0.2, 0.25) is 0 Å². The molecule has 0 heterocycles. The van der Waals surface area contributed by atoms with E-state index in [0.29, 0.717) is 5.56 Å². The molecule has 0 saturated heterocycles. The number of halogens is 1. The third-order valence-electron chi connectivity index (χ3n) is 3.18. The van der Waals surface area contributed by atoms with Gasteiger partial charge in [0, 0.05) is 6.54 Å². The van der Waals surface area contributed by atoms with Crippen molar-refractivity contribution in [1.29, 1.82) is 0 Å². The molecule has 1 atom stereocenters. The standard InChI is InChI=1S/C15H16FNO2S/c1-11-2-8-14(9-3-11)20(18,19)15(10-17)12-4-6-13(16)7-5-12/h2-9,15H,10,17H2,1H3/t15-/m1/s1. The van der Waals surface area contributed by atoms with E-state index in [1.54, 1.807) is 24.3 Å². The lowest BCUT2D eigenvalue weighted by Crippen LogP contribution is -2.22. The summed E-state index contributed by atoms with van der Waals surface area (Å²) in [6, 6.07) is 12.0. The number of sulfone groups is 1. The second-order valence-corrected chi connectivity index (χ2v) is 6.76. The van der Waals surface area contributed by atoms with E-state index in [1.165, 1.54) is 24.3 Å². The third-order valence-corrected chi connectivity index (χ3v) is 5.32. The highest BCUT2D eigenvalue weighted by Gasteiger charge is 2.27. The molecule has 2 N–H and O–H groups in total. The largest absolute Gasteiger partial charge is 0.329 e. The fourth-order valence-electron chi connectivity index (χ4n) is 2.01. The van der Waals surface area contributed by atoms with Gasteiger partial charge in [-0.05, 0) is 36.8 Å². The zero-order valence-electron chi connectivity index (χ0n) is 11.1. The van der Waals surface area contributed by atoms with Crippen LogP contribution in [-0.2, 0) is 9.84 Å². The van der Waals surface area contributed by atoms with E-state index in [0.717, 1.165) is 5.56 Å². The van der Waals surface area contributed by atoms with Crippen LogP contribution in [0.25, 0.3) is 0 Å². The molecule has 3 nitrogen and oxygen atoms in total. The molecule has 0 fully saturated rings. The summed E-state index contributed by atoms with van der Waals surface area (Å²) in [4.78, 5) is 0.225. The Morgan fingerprint density at radius 3 is 2.10 bits per heavy atom. The highest BCUT2D eigenvalue weighted by atomic mass is 32.2. The Morgan fingerprint density at radius 1 is 1.05 bits per heavy atom. The molecule has 2 rings (SSSR count). The van der Waals surface area contributed by atoms with Crippen molar-refractivity contribution in [2.75, 3.05) is 6.54 Å². The summed E-state index contributed by atoms with van der Waals surface area (Å²) in [6.07, 6.45) is 0. The Bertz CT molecular complexity index is 679. The average Bonchev–Trinajstić information content (AvgIpc) is 2.42. The normalized spacial score (nSPS) is 13.2. The first-order chi connectivity index (χ1) is 9.45. The predicted molar refractivity (Wildman–Crippen MR) is 76.6 cm³/mol. The van der Waals surface area contributed by atoms with Crippen molar-refractivity contribution in [2.45, 2.75) is 17.1 Å². The highest BCUT2D eigenvalue weighted by molar-refractivity contribution is 7.91. The molecule has 0 radical (unpaired) electrons. The molecule has 0 spiro atoms. The molecule has 0 aliphatic carbocycles. The highest BCUT2D eigenvalue weighted by Crippen LogP contribution is 2.28. The fourth-order valence-corrected chi connectivity index (χ4v) is 3.62. The Morgan fingerprint density at radius 2 is 1.60 bits per heavy atom. The molecule has 0 unspecified atom stereocenters. The van der Waals surface area contributed by atoms with Crippen molar-refractivity contribution < 1.29 is 12.8 Å². The summed E-state index contributed by atoms with van der Waals surface area (Å²) in [7, 11) is -3.58. The zero-order valence-corrected chi connectivity index (χ0v) is 11.9. The Hall–Kier alpha value is -1.72. The Labute approximate surface area is 118 Å². The van der Waals surface area contributed by atoms with Crippen LogP contribution in [0, 0.1) is 12.7 Å². The zero-order chi connectivity index (χ0) is 14.8. The van der Waals surface area contributed by atoms with Gasteiger partial charge >= 0.3 is 0 Å². The number of nitrogens with two attached hydrogens (primary N) is 1. The molecule has 0 aliphatic rings. The summed E-state index contributed by atoms with van der Waals surface area (Å²) in [5.41, 5.74) is 7.10. The monoisotopic (exact) mass is 293 g/mol. The first-order valence-electron chi connectivity index (χ1n) is 6.21. The smallest absolute Gasteiger partial charge is 0.186 e. The molecule has 0 amide bonds. The molecule has 0 bridgehead atoms. The lowest BCUT2D eigenvalue weighted by Gasteiger charge is -2.16. The van der Waals surface area contributed by atoms with Gasteiger partial charge in [0.25, 0.3) is 0 Å². The van der Waals surface area contributed by atoms with Crippen molar-refractivity contribution in [2.24, 2.45) is 5.73 Å². The third kappa shape index (κ3) is 2.89. The van der Waals surface area contributed by atoms with Crippen LogP contribution < -0.4 is 5.73 Å². The molecular formula is C15H16FNO2S. The summed E-state index contributed by atoms with van der Waals surface area (Å²) < 4.78 is 38.1. The predicted octanol–water partition coefficient (Wildman–Crippen LogP) is 2.61. The van der Waals surface area contributed by atoms with Gasteiger partial charge in [-0.15, -0.1) is 0 Å².